The van der Waals surface area contributed by atoms with Gasteiger partial charge in [-0.25, -0.2) is 0 Å². The van der Waals surface area contributed by atoms with Crippen molar-refractivity contribution in [2.24, 2.45) is 0 Å². The fourth-order valence-corrected chi connectivity index (χ4v) is 6.29. The lowest BCUT2D eigenvalue weighted by atomic mass is 10.0. The fraction of sp³-hybridized carbons (Fsp3) is 0.579. The van der Waals surface area contributed by atoms with Crippen LogP contribution in [0.4, 0.5) is 0 Å². The number of hydrogen-bond acceptors (Lipinski definition) is 5. The van der Waals surface area contributed by atoms with E-state index in [4.69, 9.17) is 9.47 Å². The highest BCUT2D eigenvalue weighted by Crippen LogP contribution is 2.13. The summed E-state index contributed by atoms with van der Waals surface area (Å²) in [5.41, 5.74) is 0. The molecule has 0 fully saturated rings. The average molecular weight is 855 g/mol. The molecule has 0 bridgehead atoms. The van der Waals surface area contributed by atoms with Crippen LogP contribution in [0.5, 0.6) is 0 Å². The minimum absolute atomic E-state index is 0.0943. The van der Waals surface area contributed by atoms with Gasteiger partial charge in [-0.15, -0.1) is 0 Å². The molecule has 5 nitrogen and oxygen atoms in total. The first-order chi connectivity index (χ1) is 30.6. The Balaban J connectivity index is 3.64. The molecule has 0 rings (SSSR count). The molecular weight excluding hydrogens is 765 g/mol. The SMILES string of the molecule is CC/C=C\C/C=C\C/C=C\C/C=C\C/C=C\C/C=C\CCCCC(=O)OC(CO)COC(=O)CCCCCCCCCCCCC/C=C\C/C=C\C/C=C\C/C=C\C/C=C\CC. The number of ether oxygens (including phenoxy) is 2. The van der Waals surface area contributed by atoms with Gasteiger partial charge in [0.1, 0.15) is 6.61 Å². The van der Waals surface area contributed by atoms with Crippen LogP contribution in [0.1, 0.15) is 194 Å². The van der Waals surface area contributed by atoms with Crippen LogP contribution in [0.2, 0.25) is 0 Å². The van der Waals surface area contributed by atoms with Crippen LogP contribution in [0.15, 0.2) is 134 Å². The molecule has 62 heavy (non-hydrogen) atoms. The predicted octanol–water partition coefficient (Wildman–Crippen LogP) is 16.5. The molecular formula is C57H90O5. The van der Waals surface area contributed by atoms with Crippen molar-refractivity contribution in [3.8, 4) is 0 Å². The van der Waals surface area contributed by atoms with Crippen LogP contribution < -0.4 is 0 Å². The summed E-state index contributed by atoms with van der Waals surface area (Å²) in [5.74, 6) is -0.655. The minimum atomic E-state index is -0.807. The molecule has 0 aliphatic heterocycles. The number of allylic oxidation sites excluding steroid dienone is 22. The summed E-state index contributed by atoms with van der Waals surface area (Å²) in [6, 6.07) is 0. The number of hydrogen-bond donors (Lipinski definition) is 1. The van der Waals surface area contributed by atoms with Crippen molar-refractivity contribution in [3.63, 3.8) is 0 Å². The lowest BCUT2D eigenvalue weighted by Gasteiger charge is -2.15. The number of esters is 2. The van der Waals surface area contributed by atoms with Gasteiger partial charge in [0.2, 0.25) is 0 Å². The Hall–Kier alpha value is -3.96. The first-order valence-electron chi connectivity index (χ1n) is 24.7. The highest BCUT2D eigenvalue weighted by Gasteiger charge is 2.16. The van der Waals surface area contributed by atoms with Crippen molar-refractivity contribution in [1.82, 2.24) is 0 Å². The van der Waals surface area contributed by atoms with Crippen LogP contribution in [-0.4, -0.2) is 36.4 Å². The molecule has 1 atom stereocenters. The van der Waals surface area contributed by atoms with E-state index in [1.165, 1.54) is 57.8 Å². The average Bonchev–Trinajstić information content (AvgIpc) is 3.28. The van der Waals surface area contributed by atoms with Crippen molar-refractivity contribution in [3.05, 3.63) is 134 Å². The molecule has 0 radical (unpaired) electrons. The van der Waals surface area contributed by atoms with Gasteiger partial charge in [0.05, 0.1) is 6.61 Å². The fourth-order valence-electron chi connectivity index (χ4n) is 6.29. The van der Waals surface area contributed by atoms with Crippen LogP contribution in [0.25, 0.3) is 0 Å². The zero-order valence-corrected chi connectivity index (χ0v) is 39.6. The molecule has 0 heterocycles. The van der Waals surface area contributed by atoms with E-state index in [0.29, 0.717) is 12.8 Å². The smallest absolute Gasteiger partial charge is 0.306 e. The largest absolute Gasteiger partial charge is 0.462 e. The van der Waals surface area contributed by atoms with Crippen LogP contribution in [-0.2, 0) is 19.1 Å². The molecule has 0 amide bonds. The van der Waals surface area contributed by atoms with E-state index >= 15 is 0 Å². The standard InChI is InChI=1S/C57H90O5/c1-3-5-7-9-11-13-15-17-19-21-23-25-26-27-28-29-30-32-33-35-37-39-41-43-45-47-49-51-56(59)61-54-55(53-58)62-57(60)52-50-48-46-44-42-40-38-36-34-31-24-22-20-18-16-14-12-10-8-6-4-2/h5-8,11-14,17-20,23-25,27-28,31,36,38,42,44,55,58H,3-4,9-10,15-16,21-22,26,29-30,32-35,37,39-41,43,45-54H2,1-2H3/b7-5-,8-6-,13-11-,14-12-,19-17-,20-18-,25-23-,28-27-,31-24-,38-36-,44-42-. The summed E-state index contributed by atoms with van der Waals surface area (Å²) in [4.78, 5) is 24.4. The highest BCUT2D eigenvalue weighted by molar-refractivity contribution is 5.70. The summed E-state index contributed by atoms with van der Waals surface area (Å²) in [7, 11) is 0. The van der Waals surface area contributed by atoms with E-state index in [9.17, 15) is 14.7 Å². The zero-order valence-electron chi connectivity index (χ0n) is 39.6. The second-order valence-corrected chi connectivity index (χ2v) is 15.8. The van der Waals surface area contributed by atoms with Crippen LogP contribution >= 0.6 is 0 Å². The monoisotopic (exact) mass is 855 g/mol. The van der Waals surface area contributed by atoms with Crippen LogP contribution in [0.3, 0.4) is 0 Å². The Bertz CT molecular complexity index is 1330. The Morgan fingerprint density at radius 3 is 1.00 bits per heavy atom. The summed E-state index contributed by atoms with van der Waals surface area (Å²) in [5, 5.41) is 9.62. The Morgan fingerprint density at radius 1 is 0.371 bits per heavy atom. The first-order valence-corrected chi connectivity index (χ1v) is 24.7. The predicted molar refractivity (Wildman–Crippen MR) is 269 cm³/mol. The zero-order chi connectivity index (χ0) is 44.9. The molecule has 0 aliphatic rings. The normalized spacial score (nSPS) is 13.4. The second-order valence-electron chi connectivity index (χ2n) is 15.8. The van der Waals surface area contributed by atoms with E-state index in [0.717, 1.165) is 109 Å². The second kappa shape index (κ2) is 51.4. The van der Waals surface area contributed by atoms with E-state index in [1.54, 1.807) is 0 Å². The van der Waals surface area contributed by atoms with Crippen molar-refractivity contribution < 1.29 is 24.2 Å². The summed E-state index contributed by atoms with van der Waals surface area (Å²) in [6.07, 6.45) is 76.8. The molecule has 0 aliphatic carbocycles. The molecule has 348 valence electrons. The number of carbonyl (C=O) groups is 2. The number of rotatable bonds is 43. The van der Waals surface area contributed by atoms with Gasteiger partial charge in [0.25, 0.3) is 0 Å². The van der Waals surface area contributed by atoms with Gasteiger partial charge < -0.3 is 14.6 Å². The van der Waals surface area contributed by atoms with Gasteiger partial charge in [0, 0.05) is 12.8 Å². The maximum absolute atomic E-state index is 12.2. The van der Waals surface area contributed by atoms with Crippen molar-refractivity contribution in [2.45, 2.75) is 200 Å². The molecule has 1 N–H and O–H groups in total. The number of aliphatic hydroxyl groups excluding tert-OH is 1. The Labute approximate surface area is 381 Å². The van der Waals surface area contributed by atoms with Gasteiger partial charge in [-0.3, -0.25) is 9.59 Å². The van der Waals surface area contributed by atoms with Crippen molar-refractivity contribution in [2.75, 3.05) is 13.2 Å². The lowest BCUT2D eigenvalue weighted by Crippen LogP contribution is -2.28. The summed E-state index contributed by atoms with van der Waals surface area (Å²) >= 11 is 0. The van der Waals surface area contributed by atoms with Gasteiger partial charge in [-0.05, 0) is 109 Å². The summed E-state index contributed by atoms with van der Waals surface area (Å²) < 4.78 is 10.6. The molecule has 0 aromatic heterocycles. The maximum Gasteiger partial charge on any atom is 0.306 e. The van der Waals surface area contributed by atoms with E-state index in [1.807, 2.05) is 0 Å². The summed E-state index contributed by atoms with van der Waals surface area (Å²) in [6.45, 7) is 3.86. The molecule has 0 aromatic carbocycles. The van der Waals surface area contributed by atoms with Crippen LogP contribution in [0, 0.1) is 0 Å². The van der Waals surface area contributed by atoms with Gasteiger partial charge in [-0.2, -0.15) is 0 Å². The van der Waals surface area contributed by atoms with Crippen molar-refractivity contribution >= 4 is 11.9 Å². The number of carbonyl (C=O) groups excluding carboxylic acids is 2. The topological polar surface area (TPSA) is 72.8 Å². The number of unbranched alkanes of at least 4 members (excludes halogenated alkanes) is 13. The minimum Gasteiger partial charge on any atom is -0.462 e. The van der Waals surface area contributed by atoms with E-state index < -0.39 is 6.10 Å². The maximum atomic E-state index is 12.2. The molecule has 5 heteroatoms. The molecule has 0 aromatic rings. The highest BCUT2D eigenvalue weighted by atomic mass is 16.6. The molecule has 0 saturated heterocycles. The molecule has 1 unspecified atom stereocenters. The first kappa shape index (κ1) is 58.0. The van der Waals surface area contributed by atoms with E-state index in [-0.39, 0.29) is 25.2 Å². The Kier molecular flexibility index (Phi) is 48.1. The van der Waals surface area contributed by atoms with Gasteiger partial charge in [-0.1, -0.05) is 205 Å². The van der Waals surface area contributed by atoms with E-state index in [2.05, 4.69) is 148 Å². The molecule has 0 saturated carbocycles. The third-order valence-electron chi connectivity index (χ3n) is 9.94. The lowest BCUT2D eigenvalue weighted by molar-refractivity contribution is -0.161. The number of aliphatic hydroxyl groups is 1. The Morgan fingerprint density at radius 2 is 0.645 bits per heavy atom. The third kappa shape index (κ3) is 48.7. The molecule has 0 spiro atoms. The van der Waals surface area contributed by atoms with Gasteiger partial charge >= 0.3 is 11.9 Å². The quantitative estimate of drug-likeness (QED) is 0.0376. The van der Waals surface area contributed by atoms with Gasteiger partial charge in [0.15, 0.2) is 6.10 Å². The third-order valence-corrected chi connectivity index (χ3v) is 9.94. The van der Waals surface area contributed by atoms with Crippen molar-refractivity contribution in [1.29, 1.82) is 0 Å².